The number of benzene rings is 3. The number of carbonyl (C=O) groups excluding carboxylic acids is 2. The number of pyridine rings is 1. The maximum absolute atomic E-state index is 12.8. The highest BCUT2D eigenvalue weighted by atomic mass is 16.4. The van der Waals surface area contributed by atoms with E-state index in [1.165, 1.54) is 16.2 Å². The fourth-order valence-electron chi connectivity index (χ4n) is 4.44. The first-order chi connectivity index (χ1) is 19.2. The number of carbonyl (C=O) groups is 3. The topological polar surface area (TPSA) is 146 Å². The van der Waals surface area contributed by atoms with Crippen LogP contribution in [0.2, 0.25) is 0 Å². The summed E-state index contributed by atoms with van der Waals surface area (Å²) in [5.74, 6) is -1.17. The number of amides is 3. The molecule has 0 unspecified atom stereocenters. The number of anilines is 3. The van der Waals surface area contributed by atoms with Crippen molar-refractivity contribution in [2.75, 3.05) is 48.3 Å². The summed E-state index contributed by atoms with van der Waals surface area (Å²) in [5, 5.41) is 10.7. The number of aryl methyl sites for hydroxylation is 1. The first-order valence-corrected chi connectivity index (χ1v) is 12.8. The molecule has 0 aliphatic carbocycles. The second-order valence-electron chi connectivity index (χ2n) is 9.40. The van der Waals surface area contributed by atoms with Gasteiger partial charge < -0.3 is 26.4 Å². The fourth-order valence-corrected chi connectivity index (χ4v) is 4.44. The van der Waals surface area contributed by atoms with Crippen molar-refractivity contribution in [1.82, 2.24) is 9.88 Å². The van der Waals surface area contributed by atoms with Gasteiger partial charge in [0, 0.05) is 54.7 Å². The number of carboxylic acids is 1. The van der Waals surface area contributed by atoms with Gasteiger partial charge in [-0.25, -0.2) is 9.78 Å². The summed E-state index contributed by atoms with van der Waals surface area (Å²) in [5.41, 5.74) is 14.5. The first kappa shape index (κ1) is 27.9. The molecule has 2 heterocycles. The van der Waals surface area contributed by atoms with Crippen LogP contribution < -0.4 is 21.3 Å². The van der Waals surface area contributed by atoms with Crippen molar-refractivity contribution in [2.45, 2.75) is 6.92 Å². The summed E-state index contributed by atoms with van der Waals surface area (Å²) in [6, 6.07) is 23.7. The summed E-state index contributed by atoms with van der Waals surface area (Å²) in [6.45, 7) is 4.78. The number of carboxylic acid groups (broad SMARTS) is 1. The third kappa shape index (κ3) is 6.84. The standard InChI is InChI=1S/C18H15N3O3.C12H17N3O/c19-17-15-10-13(7-6-12(15)8-9-20-17)18(24)21(11-16(22)23)14-4-2-1-3-5-14;1-10-2-4-11(5-3-10)14-6-8-15(9-7-14)12(13)16/h1-10H,11H2,(H2,19,20)(H,22,23);2-5H,6-9H2,1H3,(H2,13,16). The van der Waals surface area contributed by atoms with Crippen molar-refractivity contribution < 1.29 is 19.5 Å². The van der Waals surface area contributed by atoms with Crippen LogP contribution in [-0.4, -0.2) is 65.6 Å². The summed E-state index contributed by atoms with van der Waals surface area (Å²) >= 11 is 0. The predicted molar refractivity (Wildman–Crippen MR) is 156 cm³/mol. The van der Waals surface area contributed by atoms with E-state index in [1.54, 1.807) is 65.7 Å². The van der Waals surface area contributed by atoms with Gasteiger partial charge >= 0.3 is 12.0 Å². The molecule has 0 atom stereocenters. The molecule has 206 valence electrons. The predicted octanol–water partition coefficient (Wildman–Crippen LogP) is 3.74. The molecule has 3 amide bonds. The molecular weight excluding hydrogens is 508 g/mol. The molecule has 10 heteroatoms. The monoisotopic (exact) mass is 540 g/mol. The van der Waals surface area contributed by atoms with Crippen molar-refractivity contribution in [1.29, 1.82) is 0 Å². The highest BCUT2D eigenvalue weighted by molar-refractivity contribution is 6.10. The van der Waals surface area contributed by atoms with Gasteiger partial charge in [0.25, 0.3) is 5.91 Å². The number of para-hydroxylation sites is 1. The lowest BCUT2D eigenvalue weighted by molar-refractivity contribution is -0.135. The van der Waals surface area contributed by atoms with E-state index in [1.807, 2.05) is 0 Å². The molecule has 0 saturated carbocycles. The van der Waals surface area contributed by atoms with Crippen molar-refractivity contribution in [2.24, 2.45) is 5.73 Å². The van der Waals surface area contributed by atoms with E-state index < -0.39 is 18.4 Å². The van der Waals surface area contributed by atoms with Crippen molar-refractivity contribution in [3.8, 4) is 0 Å². The minimum absolute atomic E-state index is 0.316. The molecular formula is C30H32N6O4. The van der Waals surface area contributed by atoms with Crippen LogP contribution in [0.4, 0.5) is 22.0 Å². The van der Waals surface area contributed by atoms with E-state index in [9.17, 15) is 14.4 Å². The smallest absolute Gasteiger partial charge is 0.323 e. The minimum atomic E-state index is -1.09. The lowest BCUT2D eigenvalue weighted by Gasteiger charge is -2.35. The van der Waals surface area contributed by atoms with E-state index in [2.05, 4.69) is 41.1 Å². The maximum Gasteiger partial charge on any atom is 0.323 e. The molecule has 1 aromatic heterocycles. The molecule has 5 rings (SSSR count). The number of hydrogen-bond donors (Lipinski definition) is 3. The molecule has 5 N–H and O–H groups in total. The maximum atomic E-state index is 12.8. The zero-order valence-corrected chi connectivity index (χ0v) is 22.2. The van der Waals surface area contributed by atoms with Crippen LogP contribution in [0.5, 0.6) is 0 Å². The molecule has 10 nitrogen and oxygen atoms in total. The molecule has 1 fully saturated rings. The third-order valence-corrected chi connectivity index (χ3v) is 6.64. The molecule has 0 spiro atoms. The van der Waals surface area contributed by atoms with Gasteiger partial charge in [-0.15, -0.1) is 0 Å². The van der Waals surface area contributed by atoms with Gasteiger partial charge in [-0.3, -0.25) is 14.5 Å². The average Bonchev–Trinajstić information content (AvgIpc) is 2.97. The lowest BCUT2D eigenvalue weighted by atomic mass is 10.1. The number of fused-ring (bicyclic) bond motifs is 1. The van der Waals surface area contributed by atoms with E-state index in [4.69, 9.17) is 16.6 Å². The highest BCUT2D eigenvalue weighted by Gasteiger charge is 2.21. The second kappa shape index (κ2) is 12.6. The van der Waals surface area contributed by atoms with Crippen molar-refractivity contribution in [3.63, 3.8) is 0 Å². The Morgan fingerprint density at radius 1 is 0.925 bits per heavy atom. The van der Waals surface area contributed by atoms with E-state index in [0.717, 1.165) is 18.5 Å². The number of hydrogen-bond acceptors (Lipinski definition) is 6. The number of urea groups is 1. The van der Waals surface area contributed by atoms with Crippen LogP contribution in [0, 0.1) is 6.92 Å². The largest absolute Gasteiger partial charge is 0.480 e. The SMILES string of the molecule is Cc1ccc(N2CCN(C(N)=O)CC2)cc1.Nc1nccc2ccc(C(=O)N(CC(=O)O)c3ccccc3)cc12. The quantitative estimate of drug-likeness (QED) is 0.349. The zero-order chi connectivity index (χ0) is 28.6. The molecule has 1 saturated heterocycles. The summed E-state index contributed by atoms with van der Waals surface area (Å²) in [6.07, 6.45) is 1.60. The van der Waals surface area contributed by atoms with E-state index in [-0.39, 0.29) is 6.03 Å². The van der Waals surface area contributed by atoms with Gasteiger partial charge in [-0.05, 0) is 54.8 Å². The van der Waals surface area contributed by atoms with Crippen LogP contribution in [0.15, 0.2) is 85.1 Å². The number of piperazine rings is 1. The van der Waals surface area contributed by atoms with Crippen molar-refractivity contribution >= 4 is 45.9 Å². The highest BCUT2D eigenvalue weighted by Crippen LogP contribution is 2.23. The Hall–Kier alpha value is -5.12. The number of aromatic nitrogens is 1. The number of rotatable bonds is 5. The van der Waals surface area contributed by atoms with E-state index >= 15 is 0 Å². The van der Waals surface area contributed by atoms with Crippen LogP contribution in [0.3, 0.4) is 0 Å². The second-order valence-corrected chi connectivity index (χ2v) is 9.40. The average molecular weight is 541 g/mol. The lowest BCUT2D eigenvalue weighted by Crippen LogP contribution is -2.50. The van der Waals surface area contributed by atoms with Crippen LogP contribution in [0.25, 0.3) is 10.8 Å². The van der Waals surface area contributed by atoms with Gasteiger partial charge in [0.15, 0.2) is 0 Å². The van der Waals surface area contributed by atoms with Gasteiger partial charge in [0.2, 0.25) is 0 Å². The first-order valence-electron chi connectivity index (χ1n) is 12.8. The molecule has 0 radical (unpaired) electrons. The number of nitrogens with zero attached hydrogens (tertiary/aromatic N) is 4. The molecule has 0 bridgehead atoms. The Kier molecular flexibility index (Phi) is 8.80. The molecule has 1 aliphatic rings. The number of primary amides is 1. The van der Waals surface area contributed by atoms with Gasteiger partial charge in [0.1, 0.15) is 12.4 Å². The minimum Gasteiger partial charge on any atom is -0.480 e. The zero-order valence-electron chi connectivity index (χ0n) is 22.2. The van der Waals surface area contributed by atoms with Gasteiger partial charge in [0.05, 0.1) is 0 Å². The summed E-state index contributed by atoms with van der Waals surface area (Å²) in [7, 11) is 0. The normalized spacial score (nSPS) is 12.8. The summed E-state index contributed by atoms with van der Waals surface area (Å²) in [4.78, 5) is 44.2. The van der Waals surface area contributed by atoms with Crippen LogP contribution in [-0.2, 0) is 4.79 Å². The van der Waals surface area contributed by atoms with E-state index in [0.29, 0.717) is 35.5 Å². The Bertz CT molecular complexity index is 1490. The molecule has 40 heavy (non-hydrogen) atoms. The molecule has 3 aromatic carbocycles. The molecule has 4 aromatic rings. The number of nitrogens with two attached hydrogens (primary N) is 2. The van der Waals surface area contributed by atoms with Crippen molar-refractivity contribution in [3.05, 3.63) is 96.2 Å². The molecule has 1 aliphatic heterocycles. The van der Waals surface area contributed by atoms with Crippen LogP contribution >= 0.6 is 0 Å². The Labute approximate surface area is 232 Å². The van der Waals surface area contributed by atoms with Gasteiger partial charge in [-0.1, -0.05) is 42.0 Å². The Morgan fingerprint density at radius 2 is 1.60 bits per heavy atom. The fraction of sp³-hybridized carbons (Fsp3) is 0.200. The summed E-state index contributed by atoms with van der Waals surface area (Å²) < 4.78 is 0. The Morgan fingerprint density at radius 3 is 2.23 bits per heavy atom. The number of nitrogen functional groups attached to an aromatic ring is 1. The van der Waals surface area contributed by atoms with Gasteiger partial charge in [-0.2, -0.15) is 0 Å². The van der Waals surface area contributed by atoms with Crippen LogP contribution in [0.1, 0.15) is 15.9 Å². The Balaban J connectivity index is 0.000000201. The third-order valence-electron chi connectivity index (χ3n) is 6.64. The number of aliphatic carboxylic acids is 1.